The molecule has 0 aliphatic heterocycles. The first-order valence-corrected chi connectivity index (χ1v) is 2.63. The number of hydrogen-bond acceptors (Lipinski definition) is 1. The minimum absolute atomic E-state index is 0.833. The molecule has 0 spiro atoms. The van der Waals surface area contributed by atoms with Gasteiger partial charge in [0.05, 0.1) is 0 Å². The summed E-state index contributed by atoms with van der Waals surface area (Å²) in [6.07, 6.45) is 2.28. The first-order valence-electron chi connectivity index (χ1n) is 2.63. The third-order valence-corrected chi connectivity index (χ3v) is 0.354. The number of carboxylic acid groups (broad SMARTS) is 1. The van der Waals surface area contributed by atoms with Crippen LogP contribution < -0.4 is 0 Å². The molecule has 1 radical (unpaired) electrons. The zero-order chi connectivity index (χ0) is 6.99. The topological polar surface area (TPSA) is 37.3 Å². The number of unbranched alkanes of at least 4 members (excludes halogenated alkanes) is 1. The highest BCUT2D eigenvalue weighted by atomic mass is 16.4. The molecule has 2 heteroatoms. The van der Waals surface area contributed by atoms with Gasteiger partial charge in [0.1, 0.15) is 0 Å². The zero-order valence-electron chi connectivity index (χ0n) is 5.48. The van der Waals surface area contributed by atoms with Crippen LogP contribution in [0.3, 0.4) is 0 Å². The second kappa shape index (κ2) is 9.69. The lowest BCUT2D eigenvalue weighted by molar-refractivity contribution is -0.134. The van der Waals surface area contributed by atoms with Crippen LogP contribution in [0.5, 0.6) is 0 Å². The fraction of sp³-hybridized carbons (Fsp3) is 0.667. The van der Waals surface area contributed by atoms with E-state index in [0.29, 0.717) is 0 Å². The molecule has 0 amide bonds. The summed E-state index contributed by atoms with van der Waals surface area (Å²) in [5.74, 6) is -0.833. The van der Waals surface area contributed by atoms with Gasteiger partial charge in [-0.2, -0.15) is 0 Å². The Morgan fingerprint density at radius 1 is 1.75 bits per heavy atom. The highest BCUT2D eigenvalue weighted by molar-refractivity contribution is 5.62. The zero-order valence-corrected chi connectivity index (χ0v) is 5.48. The summed E-state index contributed by atoms with van der Waals surface area (Å²) in [4.78, 5) is 9.00. The van der Waals surface area contributed by atoms with Gasteiger partial charge in [0, 0.05) is 6.92 Å². The number of hydrogen-bond donors (Lipinski definition) is 1. The third-order valence-electron chi connectivity index (χ3n) is 0.354. The van der Waals surface area contributed by atoms with E-state index < -0.39 is 5.97 Å². The van der Waals surface area contributed by atoms with Gasteiger partial charge in [-0.3, -0.25) is 4.79 Å². The summed E-state index contributed by atoms with van der Waals surface area (Å²) >= 11 is 0. The summed E-state index contributed by atoms with van der Waals surface area (Å²) in [6.45, 7) is 6.81. The van der Waals surface area contributed by atoms with Crippen LogP contribution in [0.15, 0.2) is 0 Å². The molecule has 0 aliphatic carbocycles. The van der Waals surface area contributed by atoms with Gasteiger partial charge in [0.2, 0.25) is 0 Å². The van der Waals surface area contributed by atoms with Gasteiger partial charge < -0.3 is 5.11 Å². The third kappa shape index (κ3) is 495. The number of rotatable bonds is 1. The quantitative estimate of drug-likeness (QED) is 0.567. The van der Waals surface area contributed by atoms with Gasteiger partial charge in [0.15, 0.2) is 0 Å². The van der Waals surface area contributed by atoms with E-state index in [1.165, 1.54) is 6.42 Å². The number of carboxylic acids is 1. The maximum atomic E-state index is 9.00. The lowest BCUT2D eigenvalue weighted by atomic mass is 10.4. The van der Waals surface area contributed by atoms with Crippen LogP contribution in [-0.2, 0) is 4.79 Å². The van der Waals surface area contributed by atoms with Crippen LogP contribution in [0.25, 0.3) is 0 Å². The van der Waals surface area contributed by atoms with E-state index in [-0.39, 0.29) is 0 Å². The Labute approximate surface area is 50.5 Å². The average molecular weight is 117 g/mol. The minimum Gasteiger partial charge on any atom is -0.481 e. The van der Waals surface area contributed by atoms with Crippen LogP contribution >= 0.6 is 0 Å². The molecule has 0 saturated carbocycles. The van der Waals surface area contributed by atoms with Gasteiger partial charge in [0.25, 0.3) is 5.97 Å². The van der Waals surface area contributed by atoms with E-state index in [1.807, 2.05) is 0 Å². The Bertz CT molecular complexity index is 44.5. The smallest absolute Gasteiger partial charge is 0.300 e. The summed E-state index contributed by atoms with van der Waals surface area (Å²) in [5.41, 5.74) is 0. The molecule has 0 aromatic rings. The number of aliphatic carboxylic acids is 1. The summed E-state index contributed by atoms with van der Waals surface area (Å²) in [5, 5.41) is 7.42. The molecule has 8 heavy (non-hydrogen) atoms. The summed E-state index contributed by atoms with van der Waals surface area (Å²) in [6, 6.07) is 0. The van der Waals surface area contributed by atoms with Crippen molar-refractivity contribution in [3.8, 4) is 0 Å². The Morgan fingerprint density at radius 2 is 1.88 bits per heavy atom. The molecular weight excluding hydrogens is 104 g/mol. The van der Waals surface area contributed by atoms with Crippen molar-refractivity contribution in [3.63, 3.8) is 0 Å². The molecule has 0 bridgehead atoms. The van der Waals surface area contributed by atoms with E-state index in [2.05, 4.69) is 13.8 Å². The standard InChI is InChI=1S/C4H9.C2H4O2/c1-3-4-2;1-2(3)4/h1,3-4H2,2H3;1H3,(H,3,4). The second-order valence-electron chi connectivity index (χ2n) is 1.37. The molecule has 0 atom stereocenters. The molecule has 0 rings (SSSR count). The van der Waals surface area contributed by atoms with E-state index in [4.69, 9.17) is 9.90 Å². The van der Waals surface area contributed by atoms with E-state index >= 15 is 0 Å². The second-order valence-corrected chi connectivity index (χ2v) is 1.37. The molecule has 49 valence electrons. The van der Waals surface area contributed by atoms with Gasteiger partial charge in [-0.05, 0) is 0 Å². The van der Waals surface area contributed by atoms with Crippen molar-refractivity contribution in [2.75, 3.05) is 0 Å². The monoisotopic (exact) mass is 117 g/mol. The van der Waals surface area contributed by atoms with Crippen LogP contribution in [0.2, 0.25) is 0 Å². The molecule has 0 fully saturated rings. The molecular formula is C6H13O2. The predicted molar refractivity (Wildman–Crippen MR) is 33.6 cm³/mol. The maximum absolute atomic E-state index is 9.00. The van der Waals surface area contributed by atoms with Crippen molar-refractivity contribution in [2.45, 2.75) is 26.7 Å². The first-order chi connectivity index (χ1) is 3.65. The molecule has 1 N–H and O–H groups in total. The van der Waals surface area contributed by atoms with Gasteiger partial charge in [-0.1, -0.05) is 26.7 Å². The van der Waals surface area contributed by atoms with Crippen molar-refractivity contribution in [3.05, 3.63) is 6.92 Å². The lowest BCUT2D eigenvalue weighted by Crippen LogP contribution is -1.78. The van der Waals surface area contributed by atoms with Crippen molar-refractivity contribution in [1.82, 2.24) is 0 Å². The predicted octanol–water partition coefficient (Wildman–Crippen LogP) is 1.71. The normalized spacial score (nSPS) is 6.88. The van der Waals surface area contributed by atoms with Crippen molar-refractivity contribution in [1.29, 1.82) is 0 Å². The van der Waals surface area contributed by atoms with Crippen LogP contribution in [0, 0.1) is 6.92 Å². The molecule has 0 heterocycles. The Balaban J connectivity index is 0. The van der Waals surface area contributed by atoms with Crippen molar-refractivity contribution in [2.24, 2.45) is 0 Å². The van der Waals surface area contributed by atoms with E-state index in [0.717, 1.165) is 13.3 Å². The fourth-order valence-electron chi connectivity index (χ4n) is 0. The van der Waals surface area contributed by atoms with E-state index in [9.17, 15) is 0 Å². The molecule has 0 unspecified atom stereocenters. The lowest BCUT2D eigenvalue weighted by Gasteiger charge is -1.67. The molecule has 0 saturated heterocycles. The molecule has 0 aliphatic rings. The fourth-order valence-corrected chi connectivity index (χ4v) is 0. The highest BCUT2D eigenvalue weighted by Gasteiger charge is 1.65. The SMILES string of the molecule is CC(=O)O.[CH2]CCC. The van der Waals surface area contributed by atoms with Gasteiger partial charge >= 0.3 is 0 Å². The summed E-state index contributed by atoms with van der Waals surface area (Å²) < 4.78 is 0. The largest absolute Gasteiger partial charge is 0.481 e. The van der Waals surface area contributed by atoms with E-state index in [1.54, 1.807) is 0 Å². The minimum atomic E-state index is -0.833. The van der Waals surface area contributed by atoms with Crippen molar-refractivity contribution >= 4 is 5.97 Å². The van der Waals surface area contributed by atoms with Gasteiger partial charge in [-0.25, -0.2) is 0 Å². The maximum Gasteiger partial charge on any atom is 0.300 e. The molecule has 0 aromatic carbocycles. The van der Waals surface area contributed by atoms with Crippen LogP contribution in [0.1, 0.15) is 26.7 Å². The van der Waals surface area contributed by atoms with Crippen molar-refractivity contribution < 1.29 is 9.90 Å². The summed E-state index contributed by atoms with van der Waals surface area (Å²) in [7, 11) is 0. The Kier molecular flexibility index (Phi) is 12.7. The van der Waals surface area contributed by atoms with Gasteiger partial charge in [-0.15, -0.1) is 0 Å². The number of carbonyl (C=O) groups is 1. The van der Waals surface area contributed by atoms with Crippen LogP contribution in [0.4, 0.5) is 0 Å². The first kappa shape index (κ1) is 10.5. The highest BCUT2D eigenvalue weighted by Crippen LogP contribution is 1.75. The molecule has 2 nitrogen and oxygen atoms in total. The Hall–Kier alpha value is -0.530. The molecule has 0 aromatic heterocycles. The average Bonchev–Trinajstić information content (AvgIpc) is 1.65. The Morgan fingerprint density at radius 3 is 1.88 bits per heavy atom. The van der Waals surface area contributed by atoms with Crippen LogP contribution in [-0.4, -0.2) is 11.1 Å².